The highest BCUT2D eigenvalue weighted by Crippen LogP contribution is 2.19. The monoisotopic (exact) mass is 225 g/mol. The molecule has 0 saturated carbocycles. The van der Waals surface area contributed by atoms with Crippen LogP contribution in [0.2, 0.25) is 0 Å². The summed E-state index contributed by atoms with van der Waals surface area (Å²) in [5.74, 6) is 0.227. The van der Waals surface area contributed by atoms with Gasteiger partial charge < -0.3 is 14.4 Å². The SMILES string of the molecule is CC1COC(COS(=O)(=O)[O-])C(O)C1. The Labute approximate surface area is 82.8 Å². The van der Waals surface area contributed by atoms with Gasteiger partial charge in [0.05, 0.1) is 12.7 Å². The Bertz CT molecular complexity index is 274. The molecule has 1 aliphatic heterocycles. The van der Waals surface area contributed by atoms with E-state index in [1.54, 1.807) is 0 Å². The van der Waals surface area contributed by atoms with Crippen LogP contribution in [0.1, 0.15) is 13.3 Å². The third-order valence-electron chi connectivity index (χ3n) is 2.04. The molecule has 1 N–H and O–H groups in total. The molecular formula is C7H13O6S-. The van der Waals surface area contributed by atoms with Crippen LogP contribution in [-0.4, -0.2) is 43.5 Å². The van der Waals surface area contributed by atoms with Gasteiger partial charge in [-0.05, 0) is 12.3 Å². The maximum absolute atomic E-state index is 10.1. The van der Waals surface area contributed by atoms with E-state index in [1.807, 2.05) is 6.92 Å². The molecule has 0 aromatic carbocycles. The molecule has 6 nitrogen and oxygen atoms in total. The van der Waals surface area contributed by atoms with Crippen LogP contribution in [0.15, 0.2) is 0 Å². The average Bonchev–Trinajstić information content (AvgIpc) is 2.00. The third-order valence-corrected chi connectivity index (χ3v) is 2.47. The van der Waals surface area contributed by atoms with E-state index in [0.29, 0.717) is 13.0 Å². The van der Waals surface area contributed by atoms with Crippen LogP contribution < -0.4 is 0 Å². The second-order valence-electron chi connectivity index (χ2n) is 3.47. The topological polar surface area (TPSA) is 95.9 Å². The molecule has 84 valence electrons. The molecule has 0 aromatic heterocycles. The van der Waals surface area contributed by atoms with Crippen molar-refractivity contribution in [1.29, 1.82) is 0 Å². The van der Waals surface area contributed by atoms with Gasteiger partial charge in [-0.25, -0.2) is 8.42 Å². The van der Waals surface area contributed by atoms with E-state index in [2.05, 4.69) is 4.18 Å². The van der Waals surface area contributed by atoms with Crippen LogP contribution in [0, 0.1) is 5.92 Å². The summed E-state index contributed by atoms with van der Waals surface area (Å²) >= 11 is 0. The van der Waals surface area contributed by atoms with E-state index >= 15 is 0 Å². The minimum Gasteiger partial charge on any atom is -0.726 e. The van der Waals surface area contributed by atoms with E-state index in [1.165, 1.54) is 0 Å². The van der Waals surface area contributed by atoms with Crippen molar-refractivity contribution in [3.05, 3.63) is 0 Å². The standard InChI is InChI=1S/C7H14O6S/c1-5-2-6(8)7(12-3-5)4-13-14(9,10)11/h5-8H,2-4H2,1H3,(H,9,10,11)/p-1. The van der Waals surface area contributed by atoms with Gasteiger partial charge >= 0.3 is 0 Å². The molecule has 0 bridgehead atoms. The second kappa shape index (κ2) is 4.54. The summed E-state index contributed by atoms with van der Waals surface area (Å²) in [6, 6.07) is 0. The summed E-state index contributed by atoms with van der Waals surface area (Å²) in [7, 11) is -4.70. The summed E-state index contributed by atoms with van der Waals surface area (Å²) in [6.07, 6.45) is -0.983. The molecule has 3 atom stereocenters. The van der Waals surface area contributed by atoms with Crippen molar-refractivity contribution in [1.82, 2.24) is 0 Å². The summed E-state index contributed by atoms with van der Waals surface area (Å²) in [5, 5.41) is 9.43. The predicted molar refractivity (Wildman–Crippen MR) is 45.2 cm³/mol. The summed E-state index contributed by atoms with van der Waals surface area (Å²) in [6.45, 7) is 1.92. The van der Waals surface area contributed by atoms with Crippen molar-refractivity contribution < 1.29 is 27.0 Å². The Balaban J connectivity index is 2.38. The van der Waals surface area contributed by atoms with Crippen LogP contribution >= 0.6 is 0 Å². The van der Waals surface area contributed by atoms with Gasteiger partial charge in [-0.3, -0.25) is 4.18 Å². The third kappa shape index (κ3) is 3.89. The van der Waals surface area contributed by atoms with Crippen molar-refractivity contribution in [2.24, 2.45) is 5.92 Å². The van der Waals surface area contributed by atoms with E-state index in [0.717, 1.165) is 0 Å². The Hall–Kier alpha value is -0.210. The lowest BCUT2D eigenvalue weighted by atomic mass is 9.98. The van der Waals surface area contributed by atoms with Crippen LogP contribution in [0.5, 0.6) is 0 Å². The smallest absolute Gasteiger partial charge is 0.217 e. The Morgan fingerprint density at radius 1 is 1.64 bits per heavy atom. The highest BCUT2D eigenvalue weighted by atomic mass is 32.3. The minimum absolute atomic E-state index is 0.227. The van der Waals surface area contributed by atoms with E-state index in [-0.39, 0.29) is 5.92 Å². The first-order valence-electron chi connectivity index (χ1n) is 4.28. The maximum atomic E-state index is 10.1. The van der Waals surface area contributed by atoms with Gasteiger partial charge in [0, 0.05) is 6.61 Å². The van der Waals surface area contributed by atoms with Crippen molar-refractivity contribution in [2.45, 2.75) is 25.6 Å². The van der Waals surface area contributed by atoms with Crippen molar-refractivity contribution in [2.75, 3.05) is 13.2 Å². The number of aliphatic hydroxyl groups is 1. The molecule has 1 saturated heterocycles. The molecule has 1 aliphatic rings. The number of ether oxygens (including phenoxy) is 1. The first kappa shape index (κ1) is 11.9. The first-order valence-corrected chi connectivity index (χ1v) is 5.61. The van der Waals surface area contributed by atoms with E-state index in [4.69, 9.17) is 4.74 Å². The number of hydrogen-bond acceptors (Lipinski definition) is 6. The molecule has 3 unspecified atom stereocenters. The second-order valence-corrected chi connectivity index (χ2v) is 4.52. The fourth-order valence-corrected chi connectivity index (χ4v) is 1.64. The lowest BCUT2D eigenvalue weighted by Gasteiger charge is -2.31. The normalized spacial score (nSPS) is 34.4. The zero-order valence-corrected chi connectivity index (χ0v) is 8.57. The average molecular weight is 225 g/mol. The molecule has 1 fully saturated rings. The van der Waals surface area contributed by atoms with Crippen LogP contribution in [0.3, 0.4) is 0 Å². The van der Waals surface area contributed by atoms with Crippen molar-refractivity contribution in [3.8, 4) is 0 Å². The fraction of sp³-hybridized carbons (Fsp3) is 1.00. The highest BCUT2D eigenvalue weighted by molar-refractivity contribution is 7.80. The van der Waals surface area contributed by atoms with Gasteiger partial charge in [-0.15, -0.1) is 0 Å². The molecule has 0 aliphatic carbocycles. The molecule has 0 spiro atoms. The van der Waals surface area contributed by atoms with Crippen molar-refractivity contribution in [3.63, 3.8) is 0 Å². The van der Waals surface area contributed by atoms with Gasteiger partial charge in [-0.1, -0.05) is 6.92 Å². The number of hydrogen-bond donors (Lipinski definition) is 1. The molecule has 14 heavy (non-hydrogen) atoms. The molecule has 0 amide bonds. The highest BCUT2D eigenvalue weighted by Gasteiger charge is 2.28. The van der Waals surface area contributed by atoms with Crippen molar-refractivity contribution >= 4 is 10.4 Å². The zero-order chi connectivity index (χ0) is 10.8. The zero-order valence-electron chi connectivity index (χ0n) is 7.75. The van der Waals surface area contributed by atoms with Gasteiger partial charge in [0.15, 0.2) is 0 Å². The Kier molecular flexibility index (Phi) is 3.85. The summed E-state index contributed by atoms with van der Waals surface area (Å²) < 4.78 is 39.5. The molecule has 1 heterocycles. The number of aliphatic hydroxyl groups excluding tert-OH is 1. The maximum Gasteiger partial charge on any atom is 0.217 e. The molecule has 0 aromatic rings. The molecule has 0 radical (unpaired) electrons. The molecule has 7 heteroatoms. The van der Waals surface area contributed by atoms with Gasteiger partial charge in [0.1, 0.15) is 6.10 Å². The van der Waals surface area contributed by atoms with Gasteiger partial charge in [-0.2, -0.15) is 0 Å². The minimum atomic E-state index is -4.70. The van der Waals surface area contributed by atoms with Crippen LogP contribution in [0.4, 0.5) is 0 Å². The van der Waals surface area contributed by atoms with Crippen LogP contribution in [-0.2, 0) is 19.3 Å². The molecule has 1 rings (SSSR count). The fourth-order valence-electron chi connectivity index (χ4n) is 1.34. The van der Waals surface area contributed by atoms with E-state index in [9.17, 15) is 18.1 Å². The van der Waals surface area contributed by atoms with Crippen LogP contribution in [0.25, 0.3) is 0 Å². The Morgan fingerprint density at radius 2 is 2.29 bits per heavy atom. The lowest BCUT2D eigenvalue weighted by Crippen LogP contribution is -2.41. The largest absolute Gasteiger partial charge is 0.726 e. The summed E-state index contributed by atoms with van der Waals surface area (Å²) in [4.78, 5) is 0. The number of rotatable bonds is 3. The Morgan fingerprint density at radius 3 is 2.79 bits per heavy atom. The quantitative estimate of drug-likeness (QED) is 0.501. The lowest BCUT2D eigenvalue weighted by molar-refractivity contribution is -0.109. The predicted octanol–water partition coefficient (Wildman–Crippen LogP) is -0.751. The molecular weight excluding hydrogens is 212 g/mol. The van der Waals surface area contributed by atoms with Gasteiger partial charge in [0.2, 0.25) is 10.4 Å². The van der Waals surface area contributed by atoms with Gasteiger partial charge in [0.25, 0.3) is 0 Å². The summed E-state index contributed by atoms with van der Waals surface area (Å²) in [5.41, 5.74) is 0. The van der Waals surface area contributed by atoms with E-state index < -0.39 is 29.2 Å². The first-order chi connectivity index (χ1) is 6.38.